The Labute approximate surface area is 138 Å². The molecule has 0 spiro atoms. The summed E-state index contributed by atoms with van der Waals surface area (Å²) in [6.45, 7) is 0. The van der Waals surface area contributed by atoms with Gasteiger partial charge in [-0.25, -0.2) is 0 Å². The third-order valence-corrected chi connectivity index (χ3v) is 8.81. The molecule has 1 rings (SSSR count). The van der Waals surface area contributed by atoms with E-state index in [1.165, 1.54) is 0 Å². The summed E-state index contributed by atoms with van der Waals surface area (Å²) in [4.78, 5) is 0. The van der Waals surface area contributed by atoms with E-state index in [9.17, 15) is 13.7 Å². The van der Waals surface area contributed by atoms with Gasteiger partial charge in [-0.15, -0.1) is 10.2 Å². The molecule has 12 nitrogen and oxygen atoms in total. The molecule has 0 atom stereocenters. The van der Waals surface area contributed by atoms with Crippen molar-refractivity contribution in [3.8, 4) is 0 Å². The predicted molar refractivity (Wildman–Crippen MR) is 83.6 cm³/mol. The second-order valence-corrected chi connectivity index (χ2v) is 10.3. The van der Waals surface area contributed by atoms with Crippen LogP contribution in [0.4, 0.5) is 0 Å². The first-order chi connectivity index (χ1) is 11.2. The van der Waals surface area contributed by atoms with Crippen molar-refractivity contribution in [2.45, 2.75) is 0 Å². The fourth-order valence-electron chi connectivity index (χ4n) is 1.67. The fourth-order valence-corrected chi connectivity index (χ4v) is 6.34. The number of aromatic nitrogens is 3. The zero-order valence-corrected chi connectivity index (χ0v) is 16.5. The average Bonchev–Trinajstić information content (AvgIpc) is 2.65. The van der Waals surface area contributed by atoms with Gasteiger partial charge < -0.3 is 27.1 Å². The number of hydrogen-bond acceptors (Lipinski definition) is 12. The van der Waals surface area contributed by atoms with Crippen LogP contribution in [0.5, 0.6) is 0 Å². The Hall–Kier alpha value is -0.540. The lowest BCUT2D eigenvalue weighted by molar-refractivity contribution is 0.280. The molecular weight excluding hydrogens is 387 g/mol. The van der Waals surface area contributed by atoms with Crippen LogP contribution in [0, 0.1) is 0 Å². The molecule has 1 aromatic heterocycles. The summed E-state index contributed by atoms with van der Waals surface area (Å²) in [5.41, 5.74) is -1.09. The molecule has 1 heterocycles. The maximum absolute atomic E-state index is 12.9. The first-order valence-corrected chi connectivity index (χ1v) is 10.7. The molecule has 0 fully saturated rings. The summed E-state index contributed by atoms with van der Waals surface area (Å²) >= 11 is 0. The Balaban J connectivity index is 3.99. The van der Waals surface area contributed by atoms with Crippen LogP contribution in [-0.4, -0.2) is 58.1 Å². The average molecular weight is 405 g/mol. The second kappa shape index (κ2) is 8.23. The summed E-state index contributed by atoms with van der Waals surface area (Å²) in [7, 11) is -5.93. The van der Waals surface area contributed by atoms with Gasteiger partial charge in [0, 0.05) is 42.7 Å². The normalized spacial score (nSPS) is 13.2. The predicted octanol–water partition coefficient (Wildman–Crippen LogP) is 0.205. The van der Waals surface area contributed by atoms with Gasteiger partial charge in [-0.2, -0.15) is 0 Å². The van der Waals surface area contributed by atoms with E-state index in [-0.39, 0.29) is 0 Å². The van der Waals surface area contributed by atoms with Gasteiger partial charge in [-0.3, -0.25) is 13.7 Å². The van der Waals surface area contributed by atoms with Crippen LogP contribution in [0.15, 0.2) is 0 Å². The number of hydrogen-bond donors (Lipinski definition) is 0. The first-order valence-electron chi connectivity index (χ1n) is 6.11. The van der Waals surface area contributed by atoms with E-state index >= 15 is 0 Å². The molecule has 0 saturated heterocycles. The van der Waals surface area contributed by atoms with Gasteiger partial charge in [0.25, 0.3) is 0 Å². The van der Waals surface area contributed by atoms with E-state index < -0.39 is 39.0 Å². The van der Waals surface area contributed by atoms with Crippen molar-refractivity contribution in [1.82, 2.24) is 15.4 Å². The Bertz CT molecular complexity index is 659. The molecule has 138 valence electrons. The maximum Gasteiger partial charge on any atom is 0.382 e. The van der Waals surface area contributed by atoms with Crippen molar-refractivity contribution in [2.75, 3.05) is 42.7 Å². The molecule has 0 unspecified atom stereocenters. The first kappa shape index (κ1) is 21.5. The SMILES string of the molecule is COP(=O)(OC)c1nnnc(P(=O)(OC)OC)c1P(=O)(OC)OC. The lowest BCUT2D eigenvalue weighted by Crippen LogP contribution is -2.43. The Morgan fingerprint density at radius 1 is 0.583 bits per heavy atom. The third-order valence-electron chi connectivity index (χ3n) is 2.94. The van der Waals surface area contributed by atoms with Crippen LogP contribution in [0.2, 0.25) is 0 Å². The highest BCUT2D eigenvalue weighted by Gasteiger charge is 2.47. The molecule has 0 aliphatic rings. The van der Waals surface area contributed by atoms with Crippen molar-refractivity contribution in [2.24, 2.45) is 0 Å². The van der Waals surface area contributed by atoms with Gasteiger partial charge in [0.05, 0.1) is 0 Å². The maximum atomic E-state index is 12.9. The molecule has 1 aromatic rings. The van der Waals surface area contributed by atoms with E-state index in [2.05, 4.69) is 15.4 Å². The summed E-state index contributed by atoms with van der Waals surface area (Å²) in [6.07, 6.45) is 0. The molecule has 0 aliphatic heterocycles. The Morgan fingerprint density at radius 2 is 0.875 bits per heavy atom. The number of nitrogens with zero attached hydrogens (tertiary/aromatic N) is 3. The number of rotatable bonds is 9. The van der Waals surface area contributed by atoms with Crippen molar-refractivity contribution < 1.29 is 40.8 Å². The van der Waals surface area contributed by atoms with Gasteiger partial charge in [-0.1, -0.05) is 0 Å². The summed E-state index contributed by atoms with van der Waals surface area (Å²) in [5, 5.41) is 9.95. The van der Waals surface area contributed by atoms with Crippen molar-refractivity contribution in [3.05, 3.63) is 0 Å². The molecule has 0 N–H and O–H groups in total. The standard InChI is InChI=1S/C9H18N3O9P3/c1-16-22(13,17-2)7-8(23(14,18-3)19-4)10-12-11-9(7)24(15,20-5)21-6/h1-6H3. The van der Waals surface area contributed by atoms with Gasteiger partial charge in [0.2, 0.25) is 0 Å². The quantitative estimate of drug-likeness (QED) is 0.518. The van der Waals surface area contributed by atoms with Gasteiger partial charge in [0.15, 0.2) is 10.9 Å². The minimum Gasteiger partial charge on any atom is -0.308 e. The van der Waals surface area contributed by atoms with Crippen LogP contribution in [0.1, 0.15) is 0 Å². The van der Waals surface area contributed by atoms with Crippen LogP contribution >= 0.6 is 22.8 Å². The molecule has 0 aromatic carbocycles. The van der Waals surface area contributed by atoms with Crippen molar-refractivity contribution in [1.29, 1.82) is 0 Å². The van der Waals surface area contributed by atoms with Crippen LogP contribution in [0.25, 0.3) is 0 Å². The Morgan fingerprint density at radius 3 is 1.12 bits per heavy atom. The molecule has 0 bridgehead atoms. The van der Waals surface area contributed by atoms with E-state index in [0.717, 1.165) is 42.7 Å². The Kier molecular flexibility index (Phi) is 7.37. The highest BCUT2D eigenvalue weighted by molar-refractivity contribution is 7.72. The van der Waals surface area contributed by atoms with E-state index in [1.54, 1.807) is 0 Å². The minimum absolute atomic E-state index is 0.526. The topological polar surface area (TPSA) is 145 Å². The lowest BCUT2D eigenvalue weighted by atomic mass is 10.7. The van der Waals surface area contributed by atoms with Crippen molar-refractivity contribution >= 4 is 39.0 Å². The van der Waals surface area contributed by atoms with E-state index in [4.69, 9.17) is 27.1 Å². The molecular formula is C9H18N3O9P3. The molecule has 24 heavy (non-hydrogen) atoms. The summed E-state index contributed by atoms with van der Waals surface area (Å²) in [5.74, 6) is 0. The zero-order chi connectivity index (χ0) is 18.6. The minimum atomic E-state index is -4.18. The summed E-state index contributed by atoms with van der Waals surface area (Å²) < 4.78 is 67.5. The van der Waals surface area contributed by atoms with E-state index in [1.807, 2.05) is 0 Å². The highest BCUT2D eigenvalue weighted by Crippen LogP contribution is 2.53. The lowest BCUT2D eigenvalue weighted by Gasteiger charge is -2.23. The highest BCUT2D eigenvalue weighted by atomic mass is 31.2. The van der Waals surface area contributed by atoms with E-state index in [0.29, 0.717) is 0 Å². The summed E-state index contributed by atoms with van der Waals surface area (Å²) in [6, 6.07) is 0. The fraction of sp³-hybridized carbons (Fsp3) is 0.667. The molecule has 15 heteroatoms. The van der Waals surface area contributed by atoms with Gasteiger partial charge in [-0.05, 0) is 5.21 Å². The zero-order valence-electron chi connectivity index (χ0n) is 13.9. The molecule has 0 amide bonds. The largest absolute Gasteiger partial charge is 0.382 e. The molecule has 0 aliphatic carbocycles. The second-order valence-electron chi connectivity index (χ2n) is 3.87. The van der Waals surface area contributed by atoms with Crippen LogP contribution in [-0.2, 0) is 40.8 Å². The molecule has 0 saturated carbocycles. The van der Waals surface area contributed by atoms with Crippen LogP contribution < -0.4 is 16.2 Å². The smallest absolute Gasteiger partial charge is 0.308 e. The monoisotopic (exact) mass is 405 g/mol. The third kappa shape index (κ3) is 3.67. The van der Waals surface area contributed by atoms with Crippen molar-refractivity contribution in [3.63, 3.8) is 0 Å². The van der Waals surface area contributed by atoms with Crippen LogP contribution in [0.3, 0.4) is 0 Å². The molecule has 0 radical (unpaired) electrons. The van der Waals surface area contributed by atoms with Gasteiger partial charge in [0.1, 0.15) is 5.30 Å². The van der Waals surface area contributed by atoms with Gasteiger partial charge >= 0.3 is 22.8 Å².